The topological polar surface area (TPSA) is 25.0 Å². The van der Waals surface area contributed by atoms with Gasteiger partial charge in [0.25, 0.3) is 0 Å². The number of ether oxygens (including phenoxy) is 2. The molecule has 0 bridgehead atoms. The molecule has 0 spiro atoms. The van der Waals surface area contributed by atoms with Gasteiger partial charge >= 0.3 is 0 Å². The standard InChI is InChI=1S/C10H19NO2/c1-2-3-9-10(13-9)8-11-4-6-12-7-5-11/h9-10H,2-8H2,1H3. The smallest absolute Gasteiger partial charge is 0.0968 e. The molecule has 0 aliphatic carbocycles. The van der Waals surface area contributed by atoms with E-state index in [0.29, 0.717) is 12.2 Å². The molecule has 2 atom stereocenters. The van der Waals surface area contributed by atoms with E-state index in [1.807, 2.05) is 0 Å². The van der Waals surface area contributed by atoms with Gasteiger partial charge in [-0.2, -0.15) is 0 Å². The van der Waals surface area contributed by atoms with Crippen LogP contribution in [0.1, 0.15) is 19.8 Å². The minimum Gasteiger partial charge on any atom is -0.379 e. The number of hydrogen-bond donors (Lipinski definition) is 0. The molecule has 2 heterocycles. The highest BCUT2D eigenvalue weighted by atomic mass is 16.6. The van der Waals surface area contributed by atoms with Crippen molar-refractivity contribution in [1.82, 2.24) is 4.90 Å². The van der Waals surface area contributed by atoms with Crippen LogP contribution in [0.4, 0.5) is 0 Å². The first-order chi connectivity index (χ1) is 6.40. The van der Waals surface area contributed by atoms with Gasteiger partial charge in [-0.3, -0.25) is 4.90 Å². The third-order valence-electron chi connectivity index (χ3n) is 2.80. The Hall–Kier alpha value is -0.120. The third-order valence-corrected chi connectivity index (χ3v) is 2.80. The van der Waals surface area contributed by atoms with Gasteiger partial charge in [0.1, 0.15) is 0 Å². The summed E-state index contributed by atoms with van der Waals surface area (Å²) in [5.74, 6) is 0. The number of morpholine rings is 1. The van der Waals surface area contributed by atoms with E-state index >= 15 is 0 Å². The van der Waals surface area contributed by atoms with Crippen LogP contribution >= 0.6 is 0 Å². The van der Waals surface area contributed by atoms with Crippen molar-refractivity contribution in [2.24, 2.45) is 0 Å². The Morgan fingerprint density at radius 2 is 2.00 bits per heavy atom. The maximum Gasteiger partial charge on any atom is 0.0968 e. The Kier molecular flexibility index (Phi) is 3.19. The molecule has 2 aliphatic heterocycles. The average molecular weight is 185 g/mol. The van der Waals surface area contributed by atoms with Crippen LogP contribution in [0.2, 0.25) is 0 Å². The van der Waals surface area contributed by atoms with E-state index in [2.05, 4.69) is 11.8 Å². The van der Waals surface area contributed by atoms with Gasteiger partial charge in [0.15, 0.2) is 0 Å². The second-order valence-corrected chi connectivity index (χ2v) is 3.91. The minimum atomic E-state index is 0.526. The van der Waals surface area contributed by atoms with E-state index in [-0.39, 0.29) is 0 Å². The Morgan fingerprint density at radius 3 is 2.69 bits per heavy atom. The fraction of sp³-hybridized carbons (Fsp3) is 1.00. The van der Waals surface area contributed by atoms with Crippen molar-refractivity contribution in [2.45, 2.75) is 32.0 Å². The van der Waals surface area contributed by atoms with Gasteiger partial charge in [-0.25, -0.2) is 0 Å². The Morgan fingerprint density at radius 1 is 1.23 bits per heavy atom. The predicted octanol–water partition coefficient (Wildman–Crippen LogP) is 0.886. The molecule has 0 saturated carbocycles. The van der Waals surface area contributed by atoms with Crippen LogP contribution in [-0.4, -0.2) is 50.0 Å². The van der Waals surface area contributed by atoms with Crippen LogP contribution in [0.15, 0.2) is 0 Å². The van der Waals surface area contributed by atoms with Gasteiger partial charge in [-0.05, 0) is 6.42 Å². The third kappa shape index (κ3) is 2.66. The van der Waals surface area contributed by atoms with Crippen LogP contribution in [0.25, 0.3) is 0 Å². The SMILES string of the molecule is CCCC1OC1CN1CCOCC1. The van der Waals surface area contributed by atoms with Crippen molar-refractivity contribution in [2.75, 3.05) is 32.8 Å². The molecule has 13 heavy (non-hydrogen) atoms. The highest BCUT2D eigenvalue weighted by Gasteiger charge is 2.38. The average Bonchev–Trinajstić information content (AvgIpc) is 2.86. The molecular weight excluding hydrogens is 166 g/mol. The summed E-state index contributed by atoms with van der Waals surface area (Å²) in [6, 6.07) is 0. The zero-order valence-corrected chi connectivity index (χ0v) is 8.37. The lowest BCUT2D eigenvalue weighted by molar-refractivity contribution is 0.0349. The van der Waals surface area contributed by atoms with Crippen LogP contribution in [0.5, 0.6) is 0 Å². The normalized spacial score (nSPS) is 34.8. The van der Waals surface area contributed by atoms with Crippen LogP contribution in [-0.2, 0) is 9.47 Å². The fourth-order valence-electron chi connectivity index (χ4n) is 1.92. The van der Waals surface area contributed by atoms with Crippen molar-refractivity contribution in [3.8, 4) is 0 Å². The van der Waals surface area contributed by atoms with Crippen LogP contribution < -0.4 is 0 Å². The zero-order valence-electron chi connectivity index (χ0n) is 8.37. The quantitative estimate of drug-likeness (QED) is 0.608. The lowest BCUT2D eigenvalue weighted by Crippen LogP contribution is -2.38. The second-order valence-electron chi connectivity index (χ2n) is 3.91. The number of epoxide rings is 1. The fourth-order valence-corrected chi connectivity index (χ4v) is 1.92. The molecule has 0 aromatic heterocycles. The Bertz CT molecular complexity index is 157. The summed E-state index contributed by atoms with van der Waals surface area (Å²) >= 11 is 0. The molecule has 0 amide bonds. The maximum atomic E-state index is 5.58. The van der Waals surface area contributed by atoms with Crippen molar-refractivity contribution in [1.29, 1.82) is 0 Å². The molecule has 2 fully saturated rings. The van der Waals surface area contributed by atoms with E-state index < -0.39 is 0 Å². The lowest BCUT2D eigenvalue weighted by Gasteiger charge is -2.25. The summed E-state index contributed by atoms with van der Waals surface area (Å²) in [4.78, 5) is 2.45. The monoisotopic (exact) mass is 185 g/mol. The lowest BCUT2D eigenvalue weighted by atomic mass is 10.2. The number of rotatable bonds is 4. The van der Waals surface area contributed by atoms with E-state index in [0.717, 1.165) is 32.8 Å². The molecule has 2 rings (SSSR count). The van der Waals surface area contributed by atoms with Gasteiger partial charge in [-0.1, -0.05) is 13.3 Å². The molecule has 3 heteroatoms. The summed E-state index contributed by atoms with van der Waals surface area (Å²) in [5, 5.41) is 0. The number of hydrogen-bond acceptors (Lipinski definition) is 3. The van der Waals surface area contributed by atoms with Crippen molar-refractivity contribution in [3.63, 3.8) is 0 Å². The molecule has 3 nitrogen and oxygen atoms in total. The Labute approximate surface area is 80.0 Å². The van der Waals surface area contributed by atoms with Crippen molar-refractivity contribution >= 4 is 0 Å². The molecule has 0 aromatic rings. The van der Waals surface area contributed by atoms with Gasteiger partial charge in [0.2, 0.25) is 0 Å². The molecular formula is C10H19NO2. The first-order valence-corrected chi connectivity index (χ1v) is 5.35. The summed E-state index contributed by atoms with van der Waals surface area (Å²) in [5.41, 5.74) is 0. The molecule has 2 aliphatic rings. The zero-order chi connectivity index (χ0) is 9.10. The first-order valence-electron chi connectivity index (χ1n) is 5.35. The van der Waals surface area contributed by atoms with Crippen molar-refractivity contribution < 1.29 is 9.47 Å². The Balaban J connectivity index is 1.62. The highest BCUT2D eigenvalue weighted by Crippen LogP contribution is 2.27. The van der Waals surface area contributed by atoms with Crippen molar-refractivity contribution in [3.05, 3.63) is 0 Å². The summed E-state index contributed by atoms with van der Waals surface area (Å²) in [6.07, 6.45) is 3.56. The molecule has 76 valence electrons. The summed E-state index contributed by atoms with van der Waals surface area (Å²) < 4.78 is 10.9. The van der Waals surface area contributed by atoms with Gasteiger partial charge in [0.05, 0.1) is 25.4 Å². The molecule has 2 unspecified atom stereocenters. The molecule has 0 aromatic carbocycles. The van der Waals surface area contributed by atoms with Crippen LogP contribution in [0.3, 0.4) is 0 Å². The second kappa shape index (κ2) is 4.40. The molecule has 0 N–H and O–H groups in total. The summed E-state index contributed by atoms with van der Waals surface area (Å²) in [7, 11) is 0. The predicted molar refractivity (Wildman–Crippen MR) is 50.8 cm³/mol. The molecule has 2 saturated heterocycles. The van der Waals surface area contributed by atoms with Gasteiger partial charge in [0, 0.05) is 19.6 Å². The summed E-state index contributed by atoms with van der Waals surface area (Å²) in [6.45, 7) is 7.29. The highest BCUT2D eigenvalue weighted by molar-refractivity contribution is 4.87. The van der Waals surface area contributed by atoms with E-state index in [4.69, 9.17) is 9.47 Å². The van der Waals surface area contributed by atoms with Crippen LogP contribution in [0, 0.1) is 0 Å². The largest absolute Gasteiger partial charge is 0.379 e. The maximum absolute atomic E-state index is 5.58. The first kappa shape index (κ1) is 9.44. The van der Waals surface area contributed by atoms with E-state index in [1.165, 1.54) is 12.8 Å². The van der Waals surface area contributed by atoms with E-state index in [9.17, 15) is 0 Å². The van der Waals surface area contributed by atoms with Gasteiger partial charge < -0.3 is 9.47 Å². The van der Waals surface area contributed by atoms with E-state index in [1.54, 1.807) is 0 Å². The number of nitrogens with zero attached hydrogens (tertiary/aromatic N) is 1. The van der Waals surface area contributed by atoms with Gasteiger partial charge in [-0.15, -0.1) is 0 Å². The minimum absolute atomic E-state index is 0.526. The molecule has 0 radical (unpaired) electrons.